The molecule has 0 saturated heterocycles. The van der Waals surface area contributed by atoms with E-state index in [1.807, 2.05) is 0 Å². The Balaban J connectivity index is 1.88. The van der Waals surface area contributed by atoms with Crippen molar-refractivity contribution in [1.82, 2.24) is 0 Å². The molecule has 0 atom stereocenters. The average Bonchev–Trinajstić information content (AvgIpc) is 2.95. The number of hydrogen-bond donors (Lipinski definition) is 1. The molecule has 0 fully saturated rings. The summed E-state index contributed by atoms with van der Waals surface area (Å²) in [5.41, 5.74) is 1.28. The van der Waals surface area contributed by atoms with Crippen LogP contribution in [0.25, 0.3) is 0 Å². The number of nitrogens with one attached hydrogen (secondary N) is 1. The van der Waals surface area contributed by atoms with E-state index in [0.29, 0.717) is 26.2 Å². The topological polar surface area (TPSA) is 63.2 Å². The normalized spacial score (nSPS) is 15.8. The Morgan fingerprint density at radius 2 is 2.05 bits per heavy atom. The van der Waals surface area contributed by atoms with E-state index < -0.39 is 9.84 Å². The zero-order valence-corrected chi connectivity index (χ0v) is 12.6. The summed E-state index contributed by atoms with van der Waals surface area (Å²) in [7, 11) is -3.19. The Kier molecular flexibility index (Phi) is 3.32. The van der Waals surface area contributed by atoms with Crippen molar-refractivity contribution in [2.24, 2.45) is 0 Å². The van der Waals surface area contributed by atoms with Crippen LogP contribution < -0.4 is 5.32 Å². The van der Waals surface area contributed by atoms with Gasteiger partial charge in [0.2, 0.25) is 0 Å². The van der Waals surface area contributed by atoms with Gasteiger partial charge < -0.3 is 5.32 Å². The molecule has 1 amide bonds. The number of aryl methyl sites for hydroxylation is 1. The van der Waals surface area contributed by atoms with Crippen molar-refractivity contribution in [2.75, 3.05) is 11.1 Å². The quantitative estimate of drug-likeness (QED) is 0.922. The Morgan fingerprint density at radius 3 is 2.75 bits per heavy atom. The maximum Gasteiger partial charge on any atom is 0.265 e. The van der Waals surface area contributed by atoms with Gasteiger partial charge in [0.15, 0.2) is 9.84 Å². The van der Waals surface area contributed by atoms with Gasteiger partial charge in [0.1, 0.15) is 0 Å². The molecule has 0 saturated carbocycles. The summed E-state index contributed by atoms with van der Waals surface area (Å²) in [4.78, 5) is 12.8. The number of sulfone groups is 1. The van der Waals surface area contributed by atoms with Crippen LogP contribution in [0.4, 0.5) is 5.69 Å². The average molecular weight is 328 g/mol. The molecule has 1 N–H and O–H groups in total. The van der Waals surface area contributed by atoms with Crippen LogP contribution >= 0.6 is 22.9 Å². The van der Waals surface area contributed by atoms with Crippen LogP contribution in [0.15, 0.2) is 35.2 Å². The smallest absolute Gasteiger partial charge is 0.265 e. The van der Waals surface area contributed by atoms with E-state index in [-0.39, 0.29) is 11.7 Å². The monoisotopic (exact) mass is 327 g/mol. The third kappa shape index (κ3) is 2.46. The van der Waals surface area contributed by atoms with Gasteiger partial charge >= 0.3 is 0 Å². The standard InChI is InChI=1S/C13H10ClNO3S2/c14-12-4-3-10(19-12)13(16)15-9-2-1-8-5-6-20(17,18)11(8)7-9/h1-4,7H,5-6H2,(H,15,16). The number of anilines is 1. The SMILES string of the molecule is O=C(Nc1ccc2c(c1)S(=O)(=O)CC2)c1ccc(Cl)s1. The van der Waals surface area contributed by atoms with Gasteiger partial charge in [-0.2, -0.15) is 0 Å². The maximum absolute atomic E-state index is 12.0. The van der Waals surface area contributed by atoms with E-state index >= 15 is 0 Å². The first-order valence-corrected chi connectivity index (χ1v) is 8.73. The summed E-state index contributed by atoms with van der Waals surface area (Å²) in [6.07, 6.45) is 0.534. The molecule has 0 spiro atoms. The van der Waals surface area contributed by atoms with Gasteiger partial charge in [-0.1, -0.05) is 17.7 Å². The van der Waals surface area contributed by atoms with Gasteiger partial charge in [-0.05, 0) is 36.2 Å². The molecule has 104 valence electrons. The first-order valence-electron chi connectivity index (χ1n) is 5.88. The van der Waals surface area contributed by atoms with Crippen molar-refractivity contribution in [3.63, 3.8) is 0 Å². The van der Waals surface area contributed by atoms with Crippen LogP contribution in [0.5, 0.6) is 0 Å². The fourth-order valence-corrected chi connectivity index (χ4v) is 4.63. The molecule has 1 aromatic heterocycles. The van der Waals surface area contributed by atoms with Crippen molar-refractivity contribution in [2.45, 2.75) is 11.3 Å². The summed E-state index contributed by atoms with van der Waals surface area (Å²) < 4.78 is 24.2. The predicted molar refractivity (Wildman–Crippen MR) is 79.5 cm³/mol. The molecule has 1 aliphatic heterocycles. The van der Waals surface area contributed by atoms with Crippen LogP contribution in [-0.4, -0.2) is 20.1 Å². The fraction of sp³-hybridized carbons (Fsp3) is 0.154. The minimum Gasteiger partial charge on any atom is -0.321 e. The summed E-state index contributed by atoms with van der Waals surface area (Å²) in [6.45, 7) is 0. The van der Waals surface area contributed by atoms with Crippen LogP contribution in [0.3, 0.4) is 0 Å². The first-order chi connectivity index (χ1) is 9.45. The van der Waals surface area contributed by atoms with Crippen LogP contribution in [0.2, 0.25) is 4.34 Å². The highest BCUT2D eigenvalue weighted by Gasteiger charge is 2.26. The van der Waals surface area contributed by atoms with Gasteiger partial charge in [-0.3, -0.25) is 4.79 Å². The molecule has 20 heavy (non-hydrogen) atoms. The second-order valence-electron chi connectivity index (χ2n) is 4.45. The van der Waals surface area contributed by atoms with E-state index in [0.717, 1.165) is 5.56 Å². The van der Waals surface area contributed by atoms with Gasteiger partial charge in [0, 0.05) is 5.69 Å². The highest BCUT2D eigenvalue weighted by molar-refractivity contribution is 7.91. The minimum absolute atomic E-state index is 0.139. The van der Waals surface area contributed by atoms with Gasteiger partial charge in [0.25, 0.3) is 5.91 Å². The molecule has 0 bridgehead atoms. The number of fused-ring (bicyclic) bond motifs is 1. The van der Waals surface area contributed by atoms with Crippen molar-refractivity contribution in [1.29, 1.82) is 0 Å². The highest BCUT2D eigenvalue weighted by atomic mass is 35.5. The molecule has 0 radical (unpaired) electrons. The molecule has 3 rings (SSSR count). The van der Waals surface area contributed by atoms with Crippen LogP contribution in [0, 0.1) is 0 Å². The lowest BCUT2D eigenvalue weighted by Gasteiger charge is -2.06. The Hall–Kier alpha value is -1.37. The number of hydrogen-bond acceptors (Lipinski definition) is 4. The molecule has 0 aliphatic carbocycles. The predicted octanol–water partition coefficient (Wildman–Crippen LogP) is 2.98. The molecule has 2 heterocycles. The van der Waals surface area contributed by atoms with Crippen molar-refractivity contribution in [3.05, 3.63) is 45.1 Å². The number of amides is 1. The third-order valence-electron chi connectivity index (χ3n) is 3.10. The largest absolute Gasteiger partial charge is 0.321 e. The van der Waals surface area contributed by atoms with E-state index in [1.54, 1.807) is 24.3 Å². The molecule has 2 aromatic rings. The maximum atomic E-state index is 12.0. The van der Waals surface area contributed by atoms with Crippen molar-refractivity contribution < 1.29 is 13.2 Å². The summed E-state index contributed by atoms with van der Waals surface area (Å²) >= 11 is 6.96. The van der Waals surface area contributed by atoms with Gasteiger partial charge in [0.05, 0.1) is 19.9 Å². The second kappa shape index (κ2) is 4.87. The Morgan fingerprint density at radius 1 is 1.25 bits per heavy atom. The summed E-state index contributed by atoms with van der Waals surface area (Å²) in [5.74, 6) is -0.155. The molecular weight excluding hydrogens is 318 g/mol. The first kappa shape index (κ1) is 13.6. The fourth-order valence-electron chi connectivity index (χ4n) is 2.11. The number of thiophene rings is 1. The summed E-state index contributed by atoms with van der Waals surface area (Å²) in [6, 6.07) is 8.26. The lowest BCUT2D eigenvalue weighted by Crippen LogP contribution is -2.10. The highest BCUT2D eigenvalue weighted by Crippen LogP contribution is 2.29. The number of rotatable bonds is 2. The molecule has 4 nitrogen and oxygen atoms in total. The molecule has 0 unspecified atom stereocenters. The lowest BCUT2D eigenvalue weighted by molar-refractivity contribution is 0.103. The Labute approximate surface area is 125 Å². The zero-order chi connectivity index (χ0) is 14.3. The minimum atomic E-state index is -3.19. The van der Waals surface area contributed by atoms with E-state index in [4.69, 9.17) is 11.6 Å². The molecule has 1 aromatic carbocycles. The second-order valence-corrected chi connectivity index (χ2v) is 8.24. The molecule has 1 aliphatic rings. The molecular formula is C13H10ClNO3S2. The lowest BCUT2D eigenvalue weighted by atomic mass is 10.1. The third-order valence-corrected chi connectivity index (χ3v) is 6.12. The number of benzene rings is 1. The zero-order valence-electron chi connectivity index (χ0n) is 10.2. The number of halogens is 1. The van der Waals surface area contributed by atoms with Gasteiger partial charge in [-0.15, -0.1) is 11.3 Å². The van der Waals surface area contributed by atoms with Crippen LogP contribution in [-0.2, 0) is 16.3 Å². The van der Waals surface area contributed by atoms with Crippen molar-refractivity contribution in [3.8, 4) is 0 Å². The van der Waals surface area contributed by atoms with E-state index in [2.05, 4.69) is 5.32 Å². The van der Waals surface area contributed by atoms with Gasteiger partial charge in [-0.25, -0.2) is 8.42 Å². The summed E-state index contributed by atoms with van der Waals surface area (Å²) in [5, 5.41) is 2.69. The number of carbonyl (C=O) groups is 1. The van der Waals surface area contributed by atoms with Crippen LogP contribution in [0.1, 0.15) is 15.2 Å². The van der Waals surface area contributed by atoms with Crippen molar-refractivity contribution >= 4 is 44.4 Å². The molecule has 7 heteroatoms. The Bertz CT molecular complexity index is 796. The van der Waals surface area contributed by atoms with E-state index in [9.17, 15) is 13.2 Å². The number of carbonyl (C=O) groups excluding carboxylic acids is 1. The van der Waals surface area contributed by atoms with E-state index in [1.165, 1.54) is 17.4 Å².